The number of aromatic nitrogens is 1. The fraction of sp³-hybridized carbons (Fsp3) is 0.442. The van der Waals surface area contributed by atoms with Crippen LogP contribution in [0.4, 0.5) is 10.1 Å². The molecule has 16 heteroatoms. The van der Waals surface area contributed by atoms with Crippen LogP contribution in [0.5, 0.6) is 11.5 Å². The van der Waals surface area contributed by atoms with Crippen LogP contribution in [0.3, 0.4) is 0 Å². The second-order valence-corrected chi connectivity index (χ2v) is 15.8. The van der Waals surface area contributed by atoms with Gasteiger partial charge in [-0.3, -0.25) is 29.0 Å². The van der Waals surface area contributed by atoms with E-state index in [9.17, 15) is 19.2 Å². The van der Waals surface area contributed by atoms with Gasteiger partial charge in [0.1, 0.15) is 27.9 Å². The number of para-hydroxylation sites is 1. The molecule has 0 aliphatic carbocycles. The van der Waals surface area contributed by atoms with Gasteiger partial charge in [-0.1, -0.05) is 18.2 Å². The predicted octanol–water partition coefficient (Wildman–Crippen LogP) is 3.46. The maximum atomic E-state index is 16.7. The van der Waals surface area contributed by atoms with E-state index in [-0.39, 0.29) is 65.9 Å². The molecule has 0 spiro atoms. The summed E-state index contributed by atoms with van der Waals surface area (Å²) in [7, 11) is 1.86. The van der Waals surface area contributed by atoms with Crippen molar-refractivity contribution in [1.29, 1.82) is 0 Å². The van der Waals surface area contributed by atoms with Gasteiger partial charge in [-0.25, -0.2) is 4.39 Å². The summed E-state index contributed by atoms with van der Waals surface area (Å²) in [6, 6.07) is 12.0. The van der Waals surface area contributed by atoms with Crippen molar-refractivity contribution in [3.05, 3.63) is 70.3 Å². The Morgan fingerprint density at radius 2 is 1.71 bits per heavy atom. The monoisotopic (exact) mass is 809 g/mol. The first-order valence-corrected chi connectivity index (χ1v) is 20.4. The average Bonchev–Trinajstić information content (AvgIpc) is 3.97. The van der Waals surface area contributed by atoms with Gasteiger partial charge in [0, 0.05) is 87.5 Å². The second kappa shape index (κ2) is 16.2. The zero-order valence-electron chi connectivity index (χ0n) is 33.3. The molecule has 2 atom stereocenters. The van der Waals surface area contributed by atoms with Crippen molar-refractivity contribution in [1.82, 2.24) is 29.9 Å². The fourth-order valence-corrected chi connectivity index (χ4v) is 8.78. The summed E-state index contributed by atoms with van der Waals surface area (Å²) >= 11 is 0. The SMILES string of the molecule is CCOCCN(C)CC(=O)N[C@@H]1CCN(c2c(F)cc3c(=O)c(C(=O)N4CC[C@@H](NC(=O)CN5CCOCC5)C4)cn4c3c2Oc2cc3c(cc2-4)oc2ccccc23)C1. The van der Waals surface area contributed by atoms with E-state index in [1.54, 1.807) is 9.47 Å². The quantitative estimate of drug-likeness (QED) is 0.175. The molecule has 4 aliphatic rings. The number of likely N-dealkylation sites (tertiary alicyclic amines) is 1. The van der Waals surface area contributed by atoms with Crippen LogP contribution in [0, 0.1) is 5.82 Å². The first-order chi connectivity index (χ1) is 28.6. The zero-order chi connectivity index (χ0) is 40.8. The van der Waals surface area contributed by atoms with E-state index >= 15 is 4.39 Å². The van der Waals surface area contributed by atoms with Gasteiger partial charge in [-0.2, -0.15) is 0 Å². The van der Waals surface area contributed by atoms with E-state index in [4.69, 9.17) is 18.6 Å². The molecule has 3 amide bonds. The first kappa shape index (κ1) is 38.9. The lowest BCUT2D eigenvalue weighted by Crippen LogP contribution is -2.46. The highest BCUT2D eigenvalue weighted by Crippen LogP contribution is 2.49. The van der Waals surface area contributed by atoms with Gasteiger partial charge in [-0.15, -0.1) is 0 Å². The van der Waals surface area contributed by atoms with E-state index < -0.39 is 17.2 Å². The fourth-order valence-electron chi connectivity index (χ4n) is 8.78. The molecule has 15 nitrogen and oxygen atoms in total. The molecule has 3 fully saturated rings. The van der Waals surface area contributed by atoms with Crippen molar-refractivity contribution in [3.8, 4) is 17.2 Å². The summed E-state index contributed by atoms with van der Waals surface area (Å²) in [4.78, 5) is 61.8. The molecule has 310 valence electrons. The van der Waals surface area contributed by atoms with Crippen LogP contribution in [0.2, 0.25) is 0 Å². The molecule has 0 unspecified atom stereocenters. The molecule has 2 aromatic heterocycles. The highest BCUT2D eigenvalue weighted by molar-refractivity contribution is 6.07. The number of anilines is 1. The largest absolute Gasteiger partial charge is 0.456 e. The summed E-state index contributed by atoms with van der Waals surface area (Å²) in [6.07, 6.45) is 2.63. The number of ether oxygens (including phenoxy) is 3. The van der Waals surface area contributed by atoms with Crippen LogP contribution in [-0.2, 0) is 19.1 Å². The number of nitrogens with zero attached hydrogens (tertiary/aromatic N) is 5. The Balaban J connectivity index is 1.04. The average molecular weight is 810 g/mol. The van der Waals surface area contributed by atoms with Gasteiger partial charge >= 0.3 is 0 Å². The maximum Gasteiger partial charge on any atom is 0.259 e. The molecule has 59 heavy (non-hydrogen) atoms. The molecule has 4 aliphatic heterocycles. The number of carbonyl (C=O) groups excluding carboxylic acids is 3. The minimum Gasteiger partial charge on any atom is -0.456 e. The van der Waals surface area contributed by atoms with Gasteiger partial charge in [0.2, 0.25) is 17.2 Å². The van der Waals surface area contributed by atoms with Crippen molar-refractivity contribution >= 4 is 56.3 Å². The van der Waals surface area contributed by atoms with Crippen LogP contribution in [0.1, 0.15) is 30.1 Å². The number of likely N-dealkylation sites (N-methyl/N-ethyl adjacent to an activating group) is 1. The molecule has 5 aromatic rings. The van der Waals surface area contributed by atoms with Crippen molar-refractivity contribution in [2.45, 2.75) is 31.8 Å². The standard InChI is InChI=1S/C43H48FN7O8/c1-3-56-15-12-47(2)24-37(52)45-26-8-10-49(21-26)40-32(44)18-30-39-42(40)59-36-19-29-28-6-4-5-7-34(28)58-35(29)20-33(36)51(39)23-31(41(30)54)43(55)50-11-9-27(22-50)46-38(53)25-48-13-16-57-17-14-48/h4-7,18-20,23,26-27H,3,8-17,21-22,24-25H2,1-2H3,(H,45,52)(H,46,53)/t26-,27-/m1/s1. The molecule has 9 rings (SSSR count). The van der Waals surface area contributed by atoms with Crippen LogP contribution >= 0.6 is 0 Å². The number of benzene rings is 3. The predicted molar refractivity (Wildman–Crippen MR) is 219 cm³/mol. The Hall–Kier alpha value is -5.55. The summed E-state index contributed by atoms with van der Waals surface area (Å²) in [5, 5.41) is 7.81. The molecular formula is C43H48FN7O8. The number of nitrogens with one attached hydrogen (secondary N) is 2. The van der Waals surface area contributed by atoms with Crippen molar-refractivity contribution in [2.75, 3.05) is 97.3 Å². The number of pyridine rings is 1. The molecular weight excluding hydrogens is 762 g/mol. The third-order valence-electron chi connectivity index (χ3n) is 11.7. The van der Waals surface area contributed by atoms with Crippen molar-refractivity contribution in [3.63, 3.8) is 0 Å². The van der Waals surface area contributed by atoms with E-state index in [2.05, 4.69) is 10.6 Å². The molecule has 0 bridgehead atoms. The van der Waals surface area contributed by atoms with Gasteiger partial charge in [-0.05, 0) is 45.0 Å². The third kappa shape index (κ3) is 7.61. The molecule has 3 saturated heterocycles. The number of hydrogen-bond donors (Lipinski definition) is 2. The van der Waals surface area contributed by atoms with Gasteiger partial charge in [0.05, 0.1) is 44.0 Å². The maximum absolute atomic E-state index is 16.7. The minimum absolute atomic E-state index is 0.00356. The zero-order valence-corrected chi connectivity index (χ0v) is 33.3. The number of furan rings is 1. The molecule has 3 aromatic carbocycles. The second-order valence-electron chi connectivity index (χ2n) is 15.8. The summed E-state index contributed by atoms with van der Waals surface area (Å²) in [5.74, 6) is -0.885. The summed E-state index contributed by atoms with van der Waals surface area (Å²) < 4.78 is 42.1. The lowest BCUT2D eigenvalue weighted by atomic mass is 10.0. The Morgan fingerprint density at radius 1 is 0.932 bits per heavy atom. The highest BCUT2D eigenvalue weighted by Gasteiger charge is 2.36. The lowest BCUT2D eigenvalue weighted by molar-refractivity contribution is -0.124. The first-order valence-electron chi connectivity index (χ1n) is 20.4. The van der Waals surface area contributed by atoms with Crippen molar-refractivity contribution in [2.24, 2.45) is 0 Å². The minimum atomic E-state index is -0.675. The normalized spacial score (nSPS) is 19.2. The van der Waals surface area contributed by atoms with Crippen LogP contribution < -0.4 is 25.7 Å². The Labute approximate surface area is 339 Å². The molecule has 0 radical (unpaired) electrons. The summed E-state index contributed by atoms with van der Waals surface area (Å²) in [6.45, 7) is 8.00. The number of hydrogen-bond acceptors (Lipinski definition) is 11. The Bertz CT molecular complexity index is 2520. The lowest BCUT2D eigenvalue weighted by Gasteiger charge is -2.29. The van der Waals surface area contributed by atoms with Crippen LogP contribution in [-0.4, -0.2) is 141 Å². The van der Waals surface area contributed by atoms with Gasteiger partial charge in [0.25, 0.3) is 5.91 Å². The van der Waals surface area contributed by atoms with E-state index in [0.717, 1.165) is 10.8 Å². The van der Waals surface area contributed by atoms with Crippen LogP contribution in [0.25, 0.3) is 38.5 Å². The Kier molecular flexibility index (Phi) is 10.7. The topological polar surface area (TPSA) is 151 Å². The van der Waals surface area contributed by atoms with Gasteiger partial charge in [0.15, 0.2) is 17.3 Å². The number of amides is 3. The number of halogens is 1. The molecule has 2 N–H and O–H groups in total. The smallest absolute Gasteiger partial charge is 0.259 e. The number of rotatable bonds is 12. The molecule has 6 heterocycles. The highest BCUT2D eigenvalue weighted by atomic mass is 19.1. The van der Waals surface area contributed by atoms with Crippen molar-refractivity contribution < 1.29 is 37.4 Å². The number of morpholine rings is 1. The van der Waals surface area contributed by atoms with Crippen LogP contribution in [0.15, 0.2) is 57.9 Å². The number of fused-ring (bicyclic) bond motifs is 5. The Morgan fingerprint density at radius 3 is 2.54 bits per heavy atom. The van der Waals surface area contributed by atoms with Gasteiger partial charge < -0.3 is 43.6 Å². The third-order valence-corrected chi connectivity index (χ3v) is 11.7. The number of carbonyl (C=O) groups is 3. The molecule has 0 saturated carbocycles. The van der Waals surface area contributed by atoms with E-state index in [0.29, 0.717) is 107 Å². The summed E-state index contributed by atoms with van der Waals surface area (Å²) in [5.41, 5.74) is 1.54. The van der Waals surface area contributed by atoms with E-state index in [1.165, 1.54) is 12.3 Å². The van der Waals surface area contributed by atoms with E-state index in [1.807, 2.05) is 65.1 Å².